The second kappa shape index (κ2) is 7.64. The van der Waals surface area contributed by atoms with Crippen LogP contribution in [-0.2, 0) is 6.54 Å². The van der Waals surface area contributed by atoms with Gasteiger partial charge in [-0.1, -0.05) is 60.7 Å². The summed E-state index contributed by atoms with van der Waals surface area (Å²) in [7, 11) is 0. The number of ketones is 1. The van der Waals surface area contributed by atoms with Gasteiger partial charge in [0, 0.05) is 18.5 Å². The summed E-state index contributed by atoms with van der Waals surface area (Å²) >= 11 is 0. The van der Waals surface area contributed by atoms with E-state index < -0.39 is 12.5 Å². The number of halogens is 2. The van der Waals surface area contributed by atoms with Crippen molar-refractivity contribution in [2.24, 2.45) is 0 Å². The molecule has 0 saturated carbocycles. The van der Waals surface area contributed by atoms with Crippen molar-refractivity contribution in [1.29, 1.82) is 0 Å². The van der Waals surface area contributed by atoms with E-state index >= 15 is 0 Å². The van der Waals surface area contributed by atoms with E-state index in [1.165, 1.54) is 0 Å². The summed E-state index contributed by atoms with van der Waals surface area (Å²) in [6.07, 6.45) is -2.80. The van der Waals surface area contributed by atoms with Crippen molar-refractivity contribution in [2.45, 2.75) is 25.4 Å². The molecule has 110 valence electrons. The third kappa shape index (κ3) is 4.76. The van der Waals surface area contributed by atoms with Gasteiger partial charge in [-0.05, 0) is 5.56 Å². The highest BCUT2D eigenvalue weighted by molar-refractivity contribution is 5.96. The lowest BCUT2D eigenvalue weighted by Gasteiger charge is -2.17. The molecule has 4 heteroatoms. The van der Waals surface area contributed by atoms with E-state index in [2.05, 4.69) is 5.32 Å². The first-order valence-corrected chi connectivity index (χ1v) is 6.80. The summed E-state index contributed by atoms with van der Waals surface area (Å²) in [6.45, 7) is 0.317. The molecule has 0 saturated heterocycles. The first-order valence-electron chi connectivity index (χ1n) is 6.80. The zero-order valence-electron chi connectivity index (χ0n) is 11.5. The minimum absolute atomic E-state index is 0.214. The molecule has 0 radical (unpaired) electrons. The van der Waals surface area contributed by atoms with Crippen LogP contribution in [0.15, 0.2) is 60.7 Å². The molecule has 0 heterocycles. The van der Waals surface area contributed by atoms with Crippen molar-refractivity contribution in [1.82, 2.24) is 5.32 Å². The van der Waals surface area contributed by atoms with Gasteiger partial charge in [0.25, 0.3) is 6.43 Å². The summed E-state index contributed by atoms with van der Waals surface area (Å²) in [5.74, 6) is -0.276. The van der Waals surface area contributed by atoms with Crippen LogP contribution in [0.4, 0.5) is 8.78 Å². The van der Waals surface area contributed by atoms with E-state index in [-0.39, 0.29) is 12.2 Å². The predicted octanol–water partition coefficient (Wildman–Crippen LogP) is 3.68. The number of carbonyl (C=O) groups is 1. The molecular formula is C17H17F2NO. The Labute approximate surface area is 122 Å². The van der Waals surface area contributed by atoms with Gasteiger partial charge in [-0.3, -0.25) is 4.79 Å². The molecule has 2 aromatic rings. The van der Waals surface area contributed by atoms with Gasteiger partial charge in [0.15, 0.2) is 5.78 Å². The Morgan fingerprint density at radius 3 is 2.10 bits per heavy atom. The van der Waals surface area contributed by atoms with Crippen molar-refractivity contribution < 1.29 is 13.6 Å². The molecule has 2 nitrogen and oxygen atoms in total. The highest BCUT2D eigenvalue weighted by Crippen LogP contribution is 2.12. The fourth-order valence-corrected chi connectivity index (χ4v) is 2.04. The maximum atomic E-state index is 13.1. The number of Topliss-reactive ketones (excluding diaryl/α,β-unsaturated/α-hetero) is 1. The van der Waals surface area contributed by atoms with Crippen LogP contribution in [0.2, 0.25) is 0 Å². The minimum atomic E-state index is -2.58. The van der Waals surface area contributed by atoms with Crippen LogP contribution in [-0.4, -0.2) is 18.3 Å². The molecule has 1 unspecified atom stereocenters. The molecule has 2 aromatic carbocycles. The number of benzene rings is 2. The second-order valence-corrected chi connectivity index (χ2v) is 4.80. The van der Waals surface area contributed by atoms with E-state index in [1.807, 2.05) is 30.3 Å². The monoisotopic (exact) mass is 289 g/mol. The number of rotatable bonds is 7. The van der Waals surface area contributed by atoms with Gasteiger partial charge in [0.1, 0.15) is 0 Å². The second-order valence-electron chi connectivity index (χ2n) is 4.80. The average Bonchev–Trinajstić information content (AvgIpc) is 2.52. The van der Waals surface area contributed by atoms with Crippen molar-refractivity contribution in [3.8, 4) is 0 Å². The zero-order chi connectivity index (χ0) is 15.1. The quantitative estimate of drug-likeness (QED) is 0.788. The van der Waals surface area contributed by atoms with E-state index in [0.29, 0.717) is 12.1 Å². The molecule has 21 heavy (non-hydrogen) atoms. The molecule has 1 N–H and O–H groups in total. The van der Waals surface area contributed by atoms with Crippen LogP contribution in [0.1, 0.15) is 22.3 Å². The number of carbonyl (C=O) groups excluding carboxylic acids is 1. The molecule has 0 aromatic heterocycles. The van der Waals surface area contributed by atoms with Crippen LogP contribution < -0.4 is 5.32 Å². The lowest BCUT2D eigenvalue weighted by atomic mass is 10.0. The Morgan fingerprint density at radius 1 is 0.952 bits per heavy atom. The number of hydrogen-bond acceptors (Lipinski definition) is 2. The molecular weight excluding hydrogens is 272 g/mol. The lowest BCUT2D eigenvalue weighted by Crippen LogP contribution is -2.37. The van der Waals surface area contributed by atoms with Gasteiger partial charge < -0.3 is 5.32 Å². The van der Waals surface area contributed by atoms with Crippen LogP contribution in [0.5, 0.6) is 0 Å². The molecule has 2 rings (SSSR count). The topological polar surface area (TPSA) is 29.1 Å². The highest BCUT2D eigenvalue weighted by atomic mass is 19.3. The standard InChI is InChI=1S/C17H17F2NO/c18-17(19)15(20-12-13-7-3-1-4-8-13)11-16(21)14-9-5-2-6-10-14/h1-10,15,17,20H,11-12H2. The summed E-state index contributed by atoms with van der Waals surface area (Å²) in [4.78, 5) is 12.0. The van der Waals surface area contributed by atoms with Crippen LogP contribution in [0, 0.1) is 0 Å². The fraction of sp³-hybridized carbons (Fsp3) is 0.235. The summed E-state index contributed by atoms with van der Waals surface area (Å²) < 4.78 is 26.1. The normalized spacial score (nSPS) is 12.3. The maximum absolute atomic E-state index is 13.1. The van der Waals surface area contributed by atoms with Gasteiger partial charge in [0.2, 0.25) is 0 Å². The first-order chi connectivity index (χ1) is 10.2. The molecule has 0 bridgehead atoms. The Hall–Kier alpha value is -2.07. The Kier molecular flexibility index (Phi) is 5.58. The third-order valence-electron chi connectivity index (χ3n) is 3.22. The molecule has 0 amide bonds. The molecule has 0 aliphatic carbocycles. The summed E-state index contributed by atoms with van der Waals surface area (Å²) in [5, 5.41) is 2.77. The molecule has 0 aliphatic heterocycles. The van der Waals surface area contributed by atoms with Crippen LogP contribution in [0.3, 0.4) is 0 Å². The smallest absolute Gasteiger partial charge is 0.254 e. The molecule has 0 fully saturated rings. The van der Waals surface area contributed by atoms with Gasteiger partial charge >= 0.3 is 0 Å². The largest absolute Gasteiger partial charge is 0.304 e. The van der Waals surface area contributed by atoms with E-state index in [0.717, 1.165) is 5.56 Å². The molecule has 0 aliphatic rings. The van der Waals surface area contributed by atoms with Crippen molar-refractivity contribution in [3.05, 3.63) is 71.8 Å². The van der Waals surface area contributed by atoms with Gasteiger partial charge in [-0.25, -0.2) is 8.78 Å². The summed E-state index contributed by atoms with van der Waals surface area (Å²) in [5.41, 5.74) is 1.37. The maximum Gasteiger partial charge on any atom is 0.254 e. The van der Waals surface area contributed by atoms with Gasteiger partial charge in [-0.15, -0.1) is 0 Å². The van der Waals surface area contributed by atoms with Crippen LogP contribution in [0.25, 0.3) is 0 Å². The van der Waals surface area contributed by atoms with E-state index in [1.54, 1.807) is 30.3 Å². The zero-order valence-corrected chi connectivity index (χ0v) is 11.5. The Bertz CT molecular complexity index is 558. The Balaban J connectivity index is 1.95. The first kappa shape index (κ1) is 15.3. The van der Waals surface area contributed by atoms with E-state index in [4.69, 9.17) is 0 Å². The van der Waals surface area contributed by atoms with Gasteiger partial charge in [-0.2, -0.15) is 0 Å². The van der Waals surface area contributed by atoms with Crippen molar-refractivity contribution in [2.75, 3.05) is 0 Å². The number of nitrogens with one attached hydrogen (secondary N) is 1. The Morgan fingerprint density at radius 2 is 1.52 bits per heavy atom. The van der Waals surface area contributed by atoms with Crippen molar-refractivity contribution >= 4 is 5.78 Å². The molecule has 0 spiro atoms. The fourth-order valence-electron chi connectivity index (χ4n) is 2.04. The predicted molar refractivity (Wildman–Crippen MR) is 78.5 cm³/mol. The highest BCUT2D eigenvalue weighted by Gasteiger charge is 2.23. The average molecular weight is 289 g/mol. The third-order valence-corrected chi connectivity index (χ3v) is 3.22. The number of hydrogen-bond donors (Lipinski definition) is 1. The van der Waals surface area contributed by atoms with E-state index in [9.17, 15) is 13.6 Å². The SMILES string of the molecule is O=C(CC(NCc1ccccc1)C(F)F)c1ccccc1. The summed E-state index contributed by atoms with van der Waals surface area (Å²) in [6, 6.07) is 16.7. The van der Waals surface area contributed by atoms with Crippen molar-refractivity contribution in [3.63, 3.8) is 0 Å². The number of alkyl halides is 2. The van der Waals surface area contributed by atoms with Gasteiger partial charge in [0.05, 0.1) is 6.04 Å². The van der Waals surface area contributed by atoms with Crippen LogP contribution >= 0.6 is 0 Å². The lowest BCUT2D eigenvalue weighted by molar-refractivity contribution is 0.0764. The molecule has 1 atom stereocenters. The minimum Gasteiger partial charge on any atom is -0.304 e.